The zero-order valence-electron chi connectivity index (χ0n) is 13.1. The van der Waals surface area contributed by atoms with E-state index in [1.165, 1.54) is 11.1 Å². The van der Waals surface area contributed by atoms with Gasteiger partial charge in [0.2, 0.25) is 0 Å². The monoisotopic (exact) mass is 281 g/mol. The molecule has 0 bridgehead atoms. The van der Waals surface area contributed by atoms with Crippen molar-refractivity contribution >= 4 is 23.1 Å². The number of anilines is 3. The highest BCUT2D eigenvalue weighted by atomic mass is 16.2. The van der Waals surface area contributed by atoms with Crippen LogP contribution in [0.2, 0.25) is 0 Å². The lowest BCUT2D eigenvalue weighted by Crippen LogP contribution is -2.25. The van der Waals surface area contributed by atoms with Crippen molar-refractivity contribution in [3.05, 3.63) is 46.6 Å². The largest absolute Gasteiger partial charge is 0.327 e. The van der Waals surface area contributed by atoms with Crippen LogP contribution in [0.15, 0.2) is 24.3 Å². The van der Waals surface area contributed by atoms with E-state index >= 15 is 0 Å². The first kappa shape index (κ1) is 13.6. The van der Waals surface area contributed by atoms with Crippen LogP contribution < -0.4 is 9.80 Å². The van der Waals surface area contributed by atoms with E-state index in [0.29, 0.717) is 11.4 Å². The van der Waals surface area contributed by atoms with Crippen molar-refractivity contribution in [2.24, 2.45) is 0 Å². The molecule has 3 rings (SSSR count). The van der Waals surface area contributed by atoms with E-state index in [4.69, 9.17) is 0 Å². The number of carbonyl (C=O) groups excluding carboxylic acids is 1. The first-order valence-electron chi connectivity index (χ1n) is 7.01. The zero-order chi connectivity index (χ0) is 15.3. The number of hydrogen-bond acceptors (Lipinski definition) is 3. The van der Waals surface area contributed by atoms with Gasteiger partial charge in [-0.05, 0) is 56.2 Å². The Morgan fingerprint density at radius 2 is 1.48 bits per heavy atom. The summed E-state index contributed by atoms with van der Waals surface area (Å²) in [6, 6.07) is 7.93. The lowest BCUT2D eigenvalue weighted by atomic mass is 10.1. The third-order valence-corrected chi connectivity index (χ3v) is 4.18. The van der Waals surface area contributed by atoms with Crippen molar-refractivity contribution in [2.45, 2.75) is 20.8 Å². The van der Waals surface area contributed by atoms with E-state index in [1.807, 2.05) is 38.1 Å². The van der Waals surface area contributed by atoms with Gasteiger partial charge in [0.25, 0.3) is 5.91 Å². The molecule has 4 heteroatoms. The van der Waals surface area contributed by atoms with Crippen molar-refractivity contribution < 1.29 is 4.79 Å². The van der Waals surface area contributed by atoms with Gasteiger partial charge < -0.3 is 9.80 Å². The molecule has 1 aromatic heterocycles. The standard InChI is InChI=1S/C17H19N3O/c1-10-8-14-15(9-11(10)2)20(5)17(21)13-7-6-12(3)18-16(13)19(14)4/h6-9H,1-5H3. The molecule has 0 saturated carbocycles. The van der Waals surface area contributed by atoms with Gasteiger partial charge in [0.1, 0.15) is 5.82 Å². The summed E-state index contributed by atoms with van der Waals surface area (Å²) in [5.41, 5.74) is 5.85. The first-order valence-corrected chi connectivity index (χ1v) is 7.01. The second kappa shape index (κ2) is 4.58. The minimum Gasteiger partial charge on any atom is -0.327 e. The van der Waals surface area contributed by atoms with Crippen LogP contribution in [-0.4, -0.2) is 25.0 Å². The molecule has 0 N–H and O–H groups in total. The van der Waals surface area contributed by atoms with Crippen LogP contribution in [0.5, 0.6) is 0 Å². The molecule has 0 radical (unpaired) electrons. The Balaban J connectivity index is 2.33. The quantitative estimate of drug-likeness (QED) is 0.743. The van der Waals surface area contributed by atoms with Gasteiger partial charge in [0, 0.05) is 19.8 Å². The average molecular weight is 281 g/mol. The van der Waals surface area contributed by atoms with Crippen molar-refractivity contribution in [1.29, 1.82) is 0 Å². The zero-order valence-corrected chi connectivity index (χ0v) is 13.1. The molecule has 1 aliphatic heterocycles. The number of aromatic nitrogens is 1. The van der Waals surface area contributed by atoms with Gasteiger partial charge in [-0.15, -0.1) is 0 Å². The Labute approximate surface area is 125 Å². The number of benzene rings is 1. The van der Waals surface area contributed by atoms with Crippen LogP contribution in [-0.2, 0) is 0 Å². The predicted octanol–water partition coefficient (Wildman–Crippen LogP) is 3.36. The van der Waals surface area contributed by atoms with Gasteiger partial charge in [0.05, 0.1) is 16.9 Å². The van der Waals surface area contributed by atoms with E-state index in [-0.39, 0.29) is 5.91 Å². The molecular weight excluding hydrogens is 262 g/mol. The van der Waals surface area contributed by atoms with Crippen LogP contribution >= 0.6 is 0 Å². The van der Waals surface area contributed by atoms with Gasteiger partial charge >= 0.3 is 0 Å². The maximum Gasteiger partial charge on any atom is 0.261 e. The molecule has 108 valence electrons. The van der Waals surface area contributed by atoms with Gasteiger partial charge in [-0.25, -0.2) is 4.98 Å². The Kier molecular flexibility index (Phi) is 2.97. The summed E-state index contributed by atoms with van der Waals surface area (Å²) >= 11 is 0. The number of nitrogens with zero attached hydrogens (tertiary/aromatic N) is 3. The van der Waals surface area contributed by atoms with E-state index in [0.717, 1.165) is 17.1 Å². The van der Waals surface area contributed by atoms with Crippen molar-refractivity contribution in [3.63, 3.8) is 0 Å². The Morgan fingerprint density at radius 3 is 2.10 bits per heavy atom. The topological polar surface area (TPSA) is 36.4 Å². The van der Waals surface area contributed by atoms with Gasteiger partial charge in [-0.3, -0.25) is 4.79 Å². The fourth-order valence-corrected chi connectivity index (χ4v) is 2.69. The molecule has 1 aliphatic rings. The summed E-state index contributed by atoms with van der Waals surface area (Å²) in [6.07, 6.45) is 0. The fraction of sp³-hybridized carbons (Fsp3) is 0.294. The summed E-state index contributed by atoms with van der Waals surface area (Å²) in [7, 11) is 3.78. The van der Waals surface area contributed by atoms with E-state index in [9.17, 15) is 4.79 Å². The Morgan fingerprint density at radius 1 is 0.905 bits per heavy atom. The molecule has 0 atom stereocenters. The van der Waals surface area contributed by atoms with Crippen molar-refractivity contribution in [1.82, 2.24) is 4.98 Å². The lowest BCUT2D eigenvalue weighted by Gasteiger charge is -2.23. The first-order chi connectivity index (χ1) is 9.90. The normalized spacial score (nSPS) is 13.9. The van der Waals surface area contributed by atoms with Crippen LogP contribution in [0, 0.1) is 20.8 Å². The lowest BCUT2D eigenvalue weighted by molar-refractivity contribution is 0.0994. The molecule has 0 fully saturated rings. The van der Waals surface area contributed by atoms with Gasteiger partial charge in [-0.1, -0.05) is 0 Å². The third kappa shape index (κ3) is 1.98. The number of fused-ring (bicyclic) bond motifs is 2. The molecule has 0 saturated heterocycles. The van der Waals surface area contributed by atoms with Gasteiger partial charge in [0.15, 0.2) is 0 Å². The average Bonchev–Trinajstić information content (AvgIpc) is 2.52. The molecule has 2 heterocycles. The summed E-state index contributed by atoms with van der Waals surface area (Å²) in [5, 5.41) is 0. The second-order valence-electron chi connectivity index (χ2n) is 5.67. The molecule has 0 unspecified atom stereocenters. The summed E-state index contributed by atoms with van der Waals surface area (Å²) in [4.78, 5) is 21.0. The molecular formula is C17H19N3O. The molecule has 1 aromatic carbocycles. The van der Waals surface area contributed by atoms with Gasteiger partial charge in [-0.2, -0.15) is 0 Å². The predicted molar refractivity (Wildman–Crippen MR) is 85.7 cm³/mol. The number of carbonyl (C=O) groups is 1. The Bertz CT molecular complexity index is 752. The highest BCUT2D eigenvalue weighted by Gasteiger charge is 2.28. The highest BCUT2D eigenvalue weighted by Crippen LogP contribution is 2.39. The summed E-state index contributed by atoms with van der Waals surface area (Å²) in [6.45, 7) is 6.09. The molecule has 0 spiro atoms. The smallest absolute Gasteiger partial charge is 0.261 e. The van der Waals surface area contributed by atoms with Crippen LogP contribution in [0.1, 0.15) is 27.2 Å². The van der Waals surface area contributed by atoms with Crippen LogP contribution in [0.3, 0.4) is 0 Å². The number of hydrogen-bond donors (Lipinski definition) is 0. The SMILES string of the molecule is Cc1ccc2c(n1)N(C)c1cc(C)c(C)cc1N(C)C2=O. The number of aryl methyl sites for hydroxylation is 3. The Hall–Kier alpha value is -2.36. The van der Waals surface area contributed by atoms with E-state index < -0.39 is 0 Å². The minimum absolute atomic E-state index is 0.0219. The summed E-state index contributed by atoms with van der Waals surface area (Å²) in [5.74, 6) is 0.695. The maximum atomic E-state index is 12.7. The second-order valence-corrected chi connectivity index (χ2v) is 5.67. The maximum absolute atomic E-state index is 12.7. The molecule has 21 heavy (non-hydrogen) atoms. The van der Waals surface area contributed by atoms with E-state index in [2.05, 4.69) is 31.0 Å². The highest BCUT2D eigenvalue weighted by molar-refractivity contribution is 6.13. The van der Waals surface area contributed by atoms with Crippen molar-refractivity contribution in [2.75, 3.05) is 23.9 Å². The van der Waals surface area contributed by atoms with Crippen LogP contribution in [0.4, 0.5) is 17.2 Å². The fourth-order valence-electron chi connectivity index (χ4n) is 2.69. The molecule has 1 amide bonds. The molecule has 0 aliphatic carbocycles. The van der Waals surface area contributed by atoms with E-state index in [1.54, 1.807) is 4.90 Å². The molecule has 2 aromatic rings. The van der Waals surface area contributed by atoms with Crippen LogP contribution in [0.25, 0.3) is 0 Å². The number of amides is 1. The number of pyridine rings is 1. The molecule has 4 nitrogen and oxygen atoms in total. The number of rotatable bonds is 0. The van der Waals surface area contributed by atoms with Crippen molar-refractivity contribution in [3.8, 4) is 0 Å². The summed E-state index contributed by atoms with van der Waals surface area (Å²) < 4.78 is 0. The minimum atomic E-state index is -0.0219. The third-order valence-electron chi connectivity index (χ3n) is 4.18.